The fraction of sp³-hybridized carbons (Fsp3) is 0.381. The largest absolute Gasteiger partial charge is 0.497 e. The maximum atomic E-state index is 12.7. The number of sulfonamides is 1. The van der Waals surface area contributed by atoms with Gasteiger partial charge in [-0.05, 0) is 56.2 Å². The van der Waals surface area contributed by atoms with Crippen LogP contribution in [-0.4, -0.2) is 41.3 Å². The van der Waals surface area contributed by atoms with Gasteiger partial charge in [0.2, 0.25) is 15.9 Å². The number of aryl methyl sites for hydroxylation is 2. The quantitative estimate of drug-likeness (QED) is 0.710. The van der Waals surface area contributed by atoms with Gasteiger partial charge in [-0.2, -0.15) is 0 Å². The lowest BCUT2D eigenvalue weighted by molar-refractivity contribution is -0.120. The topological polar surface area (TPSA) is 84.9 Å². The molecule has 158 valence electrons. The Morgan fingerprint density at radius 3 is 2.38 bits per heavy atom. The molecule has 7 nitrogen and oxygen atoms in total. The van der Waals surface area contributed by atoms with E-state index in [0.717, 1.165) is 27.3 Å². The third kappa shape index (κ3) is 5.63. The van der Waals surface area contributed by atoms with E-state index in [4.69, 9.17) is 9.47 Å². The maximum absolute atomic E-state index is 12.7. The number of amides is 1. The second kappa shape index (κ2) is 9.17. The fourth-order valence-electron chi connectivity index (χ4n) is 3.04. The standard InChI is InChI=1S/C21H28N2O5S/c1-14-7-8-15(2)19(11-14)23(29(6,25)26)13-21(24)22-16(3)18-12-17(27-4)9-10-20(18)28-5/h7-12,16H,13H2,1-6H3,(H,22,24)/t16-/m0/s1. The number of hydrogen-bond donors (Lipinski definition) is 1. The average Bonchev–Trinajstić information content (AvgIpc) is 2.66. The number of hydrogen-bond acceptors (Lipinski definition) is 5. The van der Waals surface area contributed by atoms with Crippen LogP contribution in [0.25, 0.3) is 0 Å². The zero-order chi connectivity index (χ0) is 21.8. The summed E-state index contributed by atoms with van der Waals surface area (Å²) in [4.78, 5) is 12.7. The first kappa shape index (κ1) is 22.5. The highest BCUT2D eigenvalue weighted by atomic mass is 32.2. The Hall–Kier alpha value is -2.74. The summed E-state index contributed by atoms with van der Waals surface area (Å²) in [7, 11) is -0.542. The molecule has 8 heteroatoms. The van der Waals surface area contributed by atoms with Crippen LogP contribution in [0, 0.1) is 13.8 Å². The zero-order valence-electron chi connectivity index (χ0n) is 17.6. The molecule has 0 saturated carbocycles. The number of methoxy groups -OCH3 is 2. The molecule has 2 aromatic rings. The van der Waals surface area contributed by atoms with Gasteiger partial charge in [-0.1, -0.05) is 12.1 Å². The highest BCUT2D eigenvalue weighted by Gasteiger charge is 2.24. The summed E-state index contributed by atoms with van der Waals surface area (Å²) in [6.07, 6.45) is 1.09. The summed E-state index contributed by atoms with van der Waals surface area (Å²) in [5.41, 5.74) is 2.91. The molecule has 0 aromatic heterocycles. The van der Waals surface area contributed by atoms with Gasteiger partial charge < -0.3 is 14.8 Å². The van der Waals surface area contributed by atoms with Crippen molar-refractivity contribution in [1.29, 1.82) is 0 Å². The molecule has 0 spiro atoms. The molecule has 0 unspecified atom stereocenters. The third-order valence-electron chi connectivity index (χ3n) is 4.60. The molecule has 29 heavy (non-hydrogen) atoms. The molecule has 2 aromatic carbocycles. The molecule has 0 bridgehead atoms. The molecule has 0 saturated heterocycles. The van der Waals surface area contributed by atoms with Crippen LogP contribution in [0.3, 0.4) is 0 Å². The first-order valence-corrected chi connectivity index (χ1v) is 11.0. The number of ether oxygens (including phenoxy) is 2. The highest BCUT2D eigenvalue weighted by Crippen LogP contribution is 2.29. The van der Waals surface area contributed by atoms with Gasteiger partial charge in [-0.15, -0.1) is 0 Å². The number of rotatable bonds is 8. The number of carbonyl (C=O) groups is 1. The van der Waals surface area contributed by atoms with Crippen LogP contribution in [0.5, 0.6) is 11.5 Å². The average molecular weight is 421 g/mol. The monoisotopic (exact) mass is 420 g/mol. The first-order chi connectivity index (χ1) is 13.6. The van der Waals surface area contributed by atoms with E-state index in [2.05, 4.69) is 5.32 Å². The van der Waals surface area contributed by atoms with Gasteiger partial charge in [0.05, 0.1) is 32.2 Å². The second-order valence-corrected chi connectivity index (χ2v) is 8.86. The molecule has 1 atom stereocenters. The Morgan fingerprint density at radius 2 is 1.79 bits per heavy atom. The van der Waals surface area contributed by atoms with Crippen LogP contribution in [0.2, 0.25) is 0 Å². The van der Waals surface area contributed by atoms with E-state index in [9.17, 15) is 13.2 Å². The fourth-order valence-corrected chi connectivity index (χ4v) is 3.95. The molecular weight excluding hydrogens is 392 g/mol. The number of benzene rings is 2. The van der Waals surface area contributed by atoms with Gasteiger partial charge in [0, 0.05) is 5.56 Å². The van der Waals surface area contributed by atoms with Gasteiger partial charge in [-0.25, -0.2) is 8.42 Å². The lowest BCUT2D eigenvalue weighted by Crippen LogP contribution is -2.41. The van der Waals surface area contributed by atoms with Crippen molar-refractivity contribution < 1.29 is 22.7 Å². The SMILES string of the molecule is COc1ccc(OC)c([C@H](C)NC(=O)CN(c2cc(C)ccc2C)S(C)(=O)=O)c1. The molecule has 1 amide bonds. The van der Waals surface area contributed by atoms with Crippen LogP contribution < -0.4 is 19.1 Å². The van der Waals surface area contributed by atoms with E-state index >= 15 is 0 Å². The Morgan fingerprint density at radius 1 is 1.10 bits per heavy atom. The van der Waals surface area contributed by atoms with Crippen molar-refractivity contribution >= 4 is 21.6 Å². The maximum Gasteiger partial charge on any atom is 0.241 e. The normalized spacial score (nSPS) is 12.2. The van der Waals surface area contributed by atoms with Crippen molar-refractivity contribution in [3.05, 3.63) is 53.1 Å². The van der Waals surface area contributed by atoms with Crippen molar-refractivity contribution in [2.45, 2.75) is 26.8 Å². The zero-order valence-corrected chi connectivity index (χ0v) is 18.5. The number of carbonyl (C=O) groups excluding carboxylic acids is 1. The smallest absolute Gasteiger partial charge is 0.241 e. The minimum absolute atomic E-state index is 0.320. The second-order valence-electron chi connectivity index (χ2n) is 6.96. The van der Waals surface area contributed by atoms with Gasteiger partial charge in [0.1, 0.15) is 18.0 Å². The van der Waals surface area contributed by atoms with Crippen LogP contribution >= 0.6 is 0 Å². The molecule has 0 fully saturated rings. The van der Waals surface area contributed by atoms with Crippen molar-refractivity contribution in [2.24, 2.45) is 0 Å². The Labute approximate surface area is 172 Å². The van der Waals surface area contributed by atoms with Crippen LogP contribution in [0.1, 0.15) is 29.7 Å². The van der Waals surface area contributed by atoms with E-state index in [1.54, 1.807) is 45.4 Å². The molecule has 0 aliphatic heterocycles. The molecule has 0 radical (unpaired) electrons. The number of nitrogens with zero attached hydrogens (tertiary/aromatic N) is 1. The molecule has 1 N–H and O–H groups in total. The van der Waals surface area contributed by atoms with Crippen molar-refractivity contribution in [3.63, 3.8) is 0 Å². The van der Waals surface area contributed by atoms with Crippen LogP contribution in [0.4, 0.5) is 5.69 Å². The van der Waals surface area contributed by atoms with Gasteiger partial charge >= 0.3 is 0 Å². The lowest BCUT2D eigenvalue weighted by atomic mass is 10.1. The molecule has 0 heterocycles. The summed E-state index contributed by atoms with van der Waals surface area (Å²) < 4.78 is 36.5. The van der Waals surface area contributed by atoms with E-state index in [1.165, 1.54) is 0 Å². The molecule has 2 rings (SSSR count). The Balaban J connectivity index is 2.26. The summed E-state index contributed by atoms with van der Waals surface area (Å²) in [5.74, 6) is 0.817. The van der Waals surface area contributed by atoms with Gasteiger partial charge in [-0.3, -0.25) is 9.10 Å². The van der Waals surface area contributed by atoms with Crippen molar-refractivity contribution in [3.8, 4) is 11.5 Å². The molecule has 0 aliphatic carbocycles. The lowest BCUT2D eigenvalue weighted by Gasteiger charge is -2.25. The Kier molecular flexibility index (Phi) is 7.13. The minimum atomic E-state index is -3.65. The summed E-state index contributed by atoms with van der Waals surface area (Å²) in [6.45, 7) is 5.17. The number of anilines is 1. The van der Waals surface area contributed by atoms with Crippen LogP contribution in [0.15, 0.2) is 36.4 Å². The van der Waals surface area contributed by atoms with E-state index in [0.29, 0.717) is 17.2 Å². The van der Waals surface area contributed by atoms with Crippen molar-refractivity contribution in [1.82, 2.24) is 5.32 Å². The third-order valence-corrected chi connectivity index (χ3v) is 5.73. The Bertz CT molecular complexity index is 989. The first-order valence-electron chi connectivity index (χ1n) is 9.13. The van der Waals surface area contributed by atoms with Crippen molar-refractivity contribution in [2.75, 3.05) is 31.3 Å². The van der Waals surface area contributed by atoms with Crippen LogP contribution in [-0.2, 0) is 14.8 Å². The van der Waals surface area contributed by atoms with E-state index in [1.807, 2.05) is 26.0 Å². The summed E-state index contributed by atoms with van der Waals surface area (Å²) in [5, 5.41) is 2.85. The highest BCUT2D eigenvalue weighted by molar-refractivity contribution is 7.92. The minimum Gasteiger partial charge on any atom is -0.497 e. The molecule has 0 aliphatic rings. The van der Waals surface area contributed by atoms with Gasteiger partial charge in [0.25, 0.3) is 0 Å². The summed E-state index contributed by atoms with van der Waals surface area (Å²) in [6, 6.07) is 10.4. The van der Waals surface area contributed by atoms with E-state index in [-0.39, 0.29) is 6.54 Å². The predicted molar refractivity (Wildman–Crippen MR) is 114 cm³/mol. The molecular formula is C21H28N2O5S. The van der Waals surface area contributed by atoms with E-state index < -0.39 is 22.0 Å². The number of nitrogens with one attached hydrogen (secondary N) is 1. The predicted octanol–water partition coefficient (Wildman–Crippen LogP) is 2.96. The summed E-state index contributed by atoms with van der Waals surface area (Å²) >= 11 is 0. The van der Waals surface area contributed by atoms with Gasteiger partial charge in [0.15, 0.2) is 0 Å².